The largest absolute Gasteiger partial charge is 0.413 e. The summed E-state index contributed by atoms with van der Waals surface area (Å²) in [6.45, 7) is -0.226. The van der Waals surface area contributed by atoms with E-state index in [4.69, 9.17) is 4.74 Å². The van der Waals surface area contributed by atoms with Gasteiger partial charge in [-0.1, -0.05) is 30.3 Å². The number of ether oxygens (including phenoxy) is 1. The summed E-state index contributed by atoms with van der Waals surface area (Å²) >= 11 is 1.42. The summed E-state index contributed by atoms with van der Waals surface area (Å²) in [5.41, 5.74) is 2.43. The predicted molar refractivity (Wildman–Crippen MR) is 109 cm³/mol. The van der Waals surface area contributed by atoms with Gasteiger partial charge in [-0.05, 0) is 29.1 Å². The Hall–Kier alpha value is -3.36. The molecule has 0 aliphatic heterocycles. The van der Waals surface area contributed by atoms with E-state index in [1.807, 2.05) is 54.0 Å². The summed E-state index contributed by atoms with van der Waals surface area (Å²) in [6, 6.07) is 14.2. The highest BCUT2D eigenvalue weighted by Gasteiger charge is 2.17. The summed E-state index contributed by atoms with van der Waals surface area (Å²) in [4.78, 5) is 19.7. The van der Waals surface area contributed by atoms with Crippen molar-refractivity contribution >= 4 is 39.2 Å². The molecule has 4 N–H and O–H groups in total. The van der Waals surface area contributed by atoms with E-state index < -0.39 is 12.1 Å². The van der Waals surface area contributed by atoms with E-state index in [1.165, 1.54) is 11.3 Å². The number of nitrogens with zero attached hydrogens (tertiary/aromatic N) is 1. The summed E-state index contributed by atoms with van der Waals surface area (Å²) in [5, 5.41) is 19.0. The minimum absolute atomic E-state index is 0.226. The maximum absolute atomic E-state index is 12.3. The Morgan fingerprint density at radius 1 is 1.21 bits per heavy atom. The number of anilines is 2. The van der Waals surface area contributed by atoms with Crippen LogP contribution in [0.3, 0.4) is 0 Å². The minimum atomic E-state index is -0.633. The molecule has 4 rings (SSSR count). The molecule has 7 nitrogen and oxygen atoms in total. The number of aliphatic hydroxyl groups is 1. The van der Waals surface area contributed by atoms with Crippen LogP contribution in [-0.4, -0.2) is 27.8 Å². The fourth-order valence-electron chi connectivity index (χ4n) is 2.85. The van der Waals surface area contributed by atoms with E-state index in [9.17, 15) is 9.90 Å². The molecular weight excluding hydrogens is 376 g/mol. The Kier molecular flexibility index (Phi) is 5.22. The molecule has 142 valence electrons. The van der Waals surface area contributed by atoms with Gasteiger partial charge in [-0.2, -0.15) is 0 Å². The van der Waals surface area contributed by atoms with Gasteiger partial charge in [0.15, 0.2) is 5.75 Å². The van der Waals surface area contributed by atoms with Crippen molar-refractivity contribution in [3.05, 3.63) is 71.9 Å². The second-order valence-corrected chi connectivity index (χ2v) is 6.93. The number of nitrogens with one attached hydrogen (secondary N) is 3. The summed E-state index contributed by atoms with van der Waals surface area (Å²) in [7, 11) is 0. The quantitative estimate of drug-likeness (QED) is 0.393. The average Bonchev–Trinajstić information content (AvgIpc) is 3.37. The standard InChI is InChI=1S/C20H18N4O3S/c25-12-16(13-4-2-1-3-5-13)24-20(26)27-17-8-11-28-19(17)23-15-7-10-22-18-14(15)6-9-21-18/h1-11,16,25H,12H2,(H,24,26)(H2,21,22,23)/t16-/m1/s1. The number of aromatic nitrogens is 2. The smallest absolute Gasteiger partial charge is 0.407 e. The first-order chi connectivity index (χ1) is 13.7. The van der Waals surface area contributed by atoms with Crippen LogP contribution < -0.4 is 15.4 Å². The van der Waals surface area contributed by atoms with Crippen LogP contribution in [0.5, 0.6) is 5.75 Å². The second kappa shape index (κ2) is 8.12. The highest BCUT2D eigenvalue weighted by atomic mass is 32.1. The molecule has 0 spiro atoms. The molecular formula is C20H18N4O3S. The lowest BCUT2D eigenvalue weighted by Gasteiger charge is -2.16. The Morgan fingerprint density at radius 2 is 2.07 bits per heavy atom. The van der Waals surface area contributed by atoms with Crippen molar-refractivity contribution < 1.29 is 14.6 Å². The molecule has 0 saturated carbocycles. The molecule has 1 atom stereocenters. The van der Waals surface area contributed by atoms with Gasteiger partial charge >= 0.3 is 6.09 Å². The molecule has 0 radical (unpaired) electrons. The number of carbonyl (C=O) groups is 1. The van der Waals surface area contributed by atoms with Crippen molar-refractivity contribution in [2.45, 2.75) is 6.04 Å². The number of aliphatic hydroxyl groups excluding tert-OH is 1. The van der Waals surface area contributed by atoms with Crippen LogP contribution in [-0.2, 0) is 0 Å². The minimum Gasteiger partial charge on any atom is -0.407 e. The zero-order valence-corrected chi connectivity index (χ0v) is 15.6. The van der Waals surface area contributed by atoms with Crippen molar-refractivity contribution in [1.82, 2.24) is 15.3 Å². The number of hydrogen-bond acceptors (Lipinski definition) is 6. The number of fused-ring (bicyclic) bond motifs is 1. The highest BCUT2D eigenvalue weighted by Crippen LogP contribution is 2.35. The van der Waals surface area contributed by atoms with Crippen LogP contribution in [0.1, 0.15) is 11.6 Å². The SMILES string of the molecule is O=C(N[C@H](CO)c1ccccc1)Oc1ccsc1Nc1ccnc2[nH]ccc12. The Balaban J connectivity index is 1.47. The van der Waals surface area contributed by atoms with Gasteiger partial charge in [0.2, 0.25) is 0 Å². The number of amides is 1. The molecule has 1 amide bonds. The Labute approximate surface area is 165 Å². The van der Waals surface area contributed by atoms with E-state index in [0.717, 1.165) is 22.3 Å². The van der Waals surface area contributed by atoms with Gasteiger partial charge in [0.1, 0.15) is 10.6 Å². The van der Waals surface area contributed by atoms with Crippen LogP contribution in [0.15, 0.2) is 66.3 Å². The zero-order valence-electron chi connectivity index (χ0n) is 14.8. The van der Waals surface area contributed by atoms with E-state index in [0.29, 0.717) is 10.8 Å². The van der Waals surface area contributed by atoms with Crippen LogP contribution in [0.2, 0.25) is 0 Å². The molecule has 0 unspecified atom stereocenters. The molecule has 28 heavy (non-hydrogen) atoms. The maximum atomic E-state index is 12.3. The highest BCUT2D eigenvalue weighted by molar-refractivity contribution is 7.14. The normalized spacial score (nSPS) is 11.9. The number of aromatic amines is 1. The topological polar surface area (TPSA) is 99.3 Å². The molecule has 0 bridgehead atoms. The van der Waals surface area contributed by atoms with Crippen molar-refractivity contribution in [3.63, 3.8) is 0 Å². The first-order valence-electron chi connectivity index (χ1n) is 8.65. The number of benzene rings is 1. The molecule has 3 aromatic heterocycles. The van der Waals surface area contributed by atoms with E-state index in [-0.39, 0.29) is 6.61 Å². The van der Waals surface area contributed by atoms with Crippen molar-refractivity contribution in [2.24, 2.45) is 0 Å². The lowest BCUT2D eigenvalue weighted by atomic mass is 10.1. The molecule has 0 aliphatic carbocycles. The third kappa shape index (κ3) is 3.83. The van der Waals surface area contributed by atoms with Crippen molar-refractivity contribution in [1.29, 1.82) is 0 Å². The molecule has 0 fully saturated rings. The number of thiophene rings is 1. The van der Waals surface area contributed by atoms with Gasteiger partial charge in [0, 0.05) is 17.8 Å². The number of H-pyrrole nitrogens is 1. The molecule has 3 heterocycles. The van der Waals surface area contributed by atoms with Crippen molar-refractivity contribution in [3.8, 4) is 5.75 Å². The Bertz CT molecular complexity index is 1080. The van der Waals surface area contributed by atoms with E-state index >= 15 is 0 Å². The number of rotatable bonds is 6. The zero-order chi connectivity index (χ0) is 19.3. The van der Waals surface area contributed by atoms with Gasteiger partial charge in [0.25, 0.3) is 0 Å². The molecule has 0 aliphatic rings. The Morgan fingerprint density at radius 3 is 2.89 bits per heavy atom. The van der Waals surface area contributed by atoms with Crippen LogP contribution in [0.25, 0.3) is 11.0 Å². The lowest BCUT2D eigenvalue weighted by Crippen LogP contribution is -2.33. The molecule has 4 aromatic rings. The lowest BCUT2D eigenvalue weighted by molar-refractivity contribution is 0.183. The van der Waals surface area contributed by atoms with Crippen LogP contribution >= 0.6 is 11.3 Å². The third-order valence-corrected chi connectivity index (χ3v) is 5.03. The molecule has 1 aromatic carbocycles. The van der Waals surface area contributed by atoms with Gasteiger partial charge < -0.3 is 25.5 Å². The van der Waals surface area contributed by atoms with Crippen molar-refractivity contribution in [2.75, 3.05) is 11.9 Å². The van der Waals surface area contributed by atoms with Gasteiger partial charge in [0.05, 0.1) is 18.3 Å². The van der Waals surface area contributed by atoms with Gasteiger partial charge in [-0.25, -0.2) is 9.78 Å². The van der Waals surface area contributed by atoms with E-state index in [1.54, 1.807) is 12.3 Å². The summed E-state index contributed by atoms with van der Waals surface area (Å²) in [5.74, 6) is 0.410. The first-order valence-corrected chi connectivity index (χ1v) is 9.53. The maximum Gasteiger partial charge on any atom is 0.413 e. The monoisotopic (exact) mass is 394 g/mol. The first kappa shape index (κ1) is 18.0. The fourth-order valence-corrected chi connectivity index (χ4v) is 3.58. The van der Waals surface area contributed by atoms with Crippen LogP contribution in [0, 0.1) is 0 Å². The third-order valence-electron chi connectivity index (χ3n) is 4.22. The average molecular weight is 394 g/mol. The summed E-state index contributed by atoms with van der Waals surface area (Å²) < 4.78 is 5.47. The number of carbonyl (C=O) groups excluding carboxylic acids is 1. The van der Waals surface area contributed by atoms with Crippen LogP contribution in [0.4, 0.5) is 15.5 Å². The van der Waals surface area contributed by atoms with E-state index in [2.05, 4.69) is 20.6 Å². The molecule has 0 saturated heterocycles. The predicted octanol–water partition coefficient (Wildman–Crippen LogP) is 4.19. The van der Waals surface area contributed by atoms with Gasteiger partial charge in [-0.3, -0.25) is 0 Å². The fraction of sp³-hybridized carbons (Fsp3) is 0.100. The number of hydrogen-bond donors (Lipinski definition) is 4. The second-order valence-electron chi connectivity index (χ2n) is 6.02. The molecule has 8 heteroatoms. The number of pyridine rings is 1. The van der Waals surface area contributed by atoms with Gasteiger partial charge in [-0.15, -0.1) is 11.3 Å². The summed E-state index contributed by atoms with van der Waals surface area (Å²) in [6.07, 6.45) is 2.89.